The molecule has 102 valence electrons. The maximum absolute atomic E-state index is 11.7. The van der Waals surface area contributed by atoms with E-state index in [1.807, 2.05) is 31.1 Å². The van der Waals surface area contributed by atoms with E-state index in [4.69, 9.17) is 4.74 Å². The summed E-state index contributed by atoms with van der Waals surface area (Å²) in [6.45, 7) is 3.29. The Bertz CT molecular complexity index is 477. The van der Waals surface area contributed by atoms with Crippen LogP contribution in [0.2, 0.25) is 0 Å². The third-order valence-corrected chi connectivity index (χ3v) is 2.47. The number of methoxy groups -OCH3 is 1. The Morgan fingerprint density at radius 3 is 2.26 bits per heavy atom. The number of carbonyl (C=O) groups is 2. The van der Waals surface area contributed by atoms with Crippen molar-refractivity contribution in [3.8, 4) is 0 Å². The molecule has 0 heterocycles. The van der Waals surface area contributed by atoms with Gasteiger partial charge < -0.3 is 14.4 Å². The van der Waals surface area contributed by atoms with E-state index < -0.39 is 11.9 Å². The molecule has 0 amide bonds. The van der Waals surface area contributed by atoms with Crippen LogP contribution in [-0.2, 0) is 14.3 Å². The largest absolute Gasteiger partial charge is 0.466 e. The van der Waals surface area contributed by atoms with Crippen LogP contribution in [0.5, 0.6) is 0 Å². The third-order valence-electron chi connectivity index (χ3n) is 2.47. The second kappa shape index (κ2) is 6.58. The first-order valence-electron chi connectivity index (χ1n) is 5.66. The summed E-state index contributed by atoms with van der Waals surface area (Å²) in [5, 5.41) is 0. The van der Waals surface area contributed by atoms with E-state index in [0.717, 1.165) is 5.69 Å². The van der Waals surface area contributed by atoms with Gasteiger partial charge in [0.2, 0.25) is 0 Å². The van der Waals surface area contributed by atoms with Crippen molar-refractivity contribution in [2.24, 2.45) is 0 Å². The third kappa shape index (κ3) is 4.13. The first-order valence-corrected chi connectivity index (χ1v) is 5.66. The fourth-order valence-corrected chi connectivity index (χ4v) is 1.33. The Balaban J connectivity index is 2.59. The normalized spacial score (nSPS) is 9.63. The van der Waals surface area contributed by atoms with Gasteiger partial charge in [-0.1, -0.05) is 6.58 Å². The van der Waals surface area contributed by atoms with Crippen molar-refractivity contribution >= 4 is 17.6 Å². The van der Waals surface area contributed by atoms with Crippen molar-refractivity contribution in [2.45, 2.75) is 0 Å². The Hall–Kier alpha value is -2.30. The van der Waals surface area contributed by atoms with E-state index in [1.165, 1.54) is 7.11 Å². The van der Waals surface area contributed by atoms with Crippen LogP contribution in [0.3, 0.4) is 0 Å². The van der Waals surface area contributed by atoms with E-state index in [1.54, 1.807) is 12.1 Å². The predicted octanol–water partition coefficient (Wildman–Crippen LogP) is 1.64. The molecular formula is C14H17NO4. The number of hydrogen-bond donors (Lipinski definition) is 0. The van der Waals surface area contributed by atoms with Crippen LogP contribution in [0, 0.1) is 0 Å². The molecule has 1 aromatic carbocycles. The summed E-state index contributed by atoms with van der Waals surface area (Å²) in [5.74, 6) is -1.09. The maximum Gasteiger partial charge on any atom is 0.338 e. The average molecular weight is 263 g/mol. The van der Waals surface area contributed by atoms with Crippen molar-refractivity contribution in [2.75, 3.05) is 32.7 Å². The summed E-state index contributed by atoms with van der Waals surface area (Å²) in [7, 11) is 5.07. The molecule has 5 nitrogen and oxygen atoms in total. The summed E-state index contributed by atoms with van der Waals surface area (Å²) in [6, 6.07) is 6.95. The number of rotatable bonds is 5. The topological polar surface area (TPSA) is 55.8 Å². The number of carbonyl (C=O) groups excluding carboxylic acids is 2. The van der Waals surface area contributed by atoms with Crippen molar-refractivity contribution in [3.63, 3.8) is 0 Å². The van der Waals surface area contributed by atoms with Gasteiger partial charge in [0.05, 0.1) is 18.2 Å². The Labute approximate surface area is 112 Å². The van der Waals surface area contributed by atoms with Gasteiger partial charge in [0.1, 0.15) is 6.61 Å². The fraction of sp³-hybridized carbons (Fsp3) is 0.286. The van der Waals surface area contributed by atoms with Crippen molar-refractivity contribution in [1.29, 1.82) is 0 Å². The van der Waals surface area contributed by atoms with E-state index in [-0.39, 0.29) is 12.2 Å². The van der Waals surface area contributed by atoms with Crippen molar-refractivity contribution < 1.29 is 19.1 Å². The number of nitrogens with zero attached hydrogens (tertiary/aromatic N) is 1. The van der Waals surface area contributed by atoms with Crippen LogP contribution >= 0.6 is 0 Å². The number of benzene rings is 1. The first kappa shape index (κ1) is 14.8. The minimum Gasteiger partial charge on any atom is -0.466 e. The monoisotopic (exact) mass is 263 g/mol. The Morgan fingerprint density at radius 1 is 1.21 bits per heavy atom. The highest BCUT2D eigenvalue weighted by molar-refractivity contribution is 5.91. The van der Waals surface area contributed by atoms with Gasteiger partial charge in [-0.15, -0.1) is 0 Å². The number of ether oxygens (including phenoxy) is 2. The smallest absolute Gasteiger partial charge is 0.338 e. The highest BCUT2D eigenvalue weighted by atomic mass is 16.5. The van der Waals surface area contributed by atoms with Crippen LogP contribution in [-0.4, -0.2) is 39.8 Å². The summed E-state index contributed by atoms with van der Waals surface area (Å²) in [4.78, 5) is 24.7. The average Bonchev–Trinajstić information content (AvgIpc) is 2.43. The lowest BCUT2D eigenvalue weighted by molar-refractivity contribution is -0.136. The molecule has 0 N–H and O–H groups in total. The lowest BCUT2D eigenvalue weighted by Gasteiger charge is -2.12. The van der Waals surface area contributed by atoms with Crippen LogP contribution < -0.4 is 4.90 Å². The zero-order valence-electron chi connectivity index (χ0n) is 11.3. The molecular weight excluding hydrogens is 246 g/mol. The predicted molar refractivity (Wildman–Crippen MR) is 72.2 cm³/mol. The lowest BCUT2D eigenvalue weighted by Crippen LogP contribution is -2.14. The SMILES string of the molecule is C=C(COC(=O)c1ccc(N(C)C)cc1)C(=O)OC. The zero-order valence-corrected chi connectivity index (χ0v) is 11.3. The molecule has 0 aliphatic heterocycles. The van der Waals surface area contributed by atoms with Gasteiger partial charge >= 0.3 is 11.9 Å². The van der Waals surface area contributed by atoms with Crippen molar-refractivity contribution in [1.82, 2.24) is 0 Å². The van der Waals surface area contributed by atoms with E-state index in [2.05, 4.69) is 11.3 Å². The second-order valence-electron chi connectivity index (χ2n) is 4.11. The second-order valence-corrected chi connectivity index (χ2v) is 4.11. The molecule has 5 heteroatoms. The molecule has 0 unspecified atom stereocenters. The molecule has 0 radical (unpaired) electrons. The molecule has 0 fully saturated rings. The molecule has 0 aliphatic carbocycles. The summed E-state index contributed by atoms with van der Waals surface area (Å²) < 4.78 is 9.42. The Morgan fingerprint density at radius 2 is 1.79 bits per heavy atom. The van der Waals surface area contributed by atoms with Crippen LogP contribution in [0.1, 0.15) is 10.4 Å². The minimum atomic E-state index is -0.587. The van der Waals surface area contributed by atoms with Crippen LogP contribution in [0.4, 0.5) is 5.69 Å². The van der Waals surface area contributed by atoms with Gasteiger partial charge in [-0.2, -0.15) is 0 Å². The van der Waals surface area contributed by atoms with Gasteiger partial charge in [-0.25, -0.2) is 9.59 Å². The molecule has 0 aliphatic rings. The molecule has 0 saturated carbocycles. The van der Waals surface area contributed by atoms with E-state index in [9.17, 15) is 9.59 Å². The van der Waals surface area contributed by atoms with Crippen molar-refractivity contribution in [3.05, 3.63) is 42.0 Å². The lowest BCUT2D eigenvalue weighted by atomic mass is 10.2. The minimum absolute atomic E-state index is 0.0979. The molecule has 0 bridgehead atoms. The van der Waals surface area contributed by atoms with Crippen LogP contribution in [0.15, 0.2) is 36.4 Å². The van der Waals surface area contributed by atoms with Gasteiger partial charge in [0.25, 0.3) is 0 Å². The molecule has 0 atom stereocenters. The van der Waals surface area contributed by atoms with Crippen LogP contribution in [0.25, 0.3) is 0 Å². The molecule has 1 aromatic rings. The number of anilines is 1. The maximum atomic E-state index is 11.7. The molecule has 0 spiro atoms. The van der Waals surface area contributed by atoms with E-state index in [0.29, 0.717) is 5.56 Å². The van der Waals surface area contributed by atoms with Gasteiger partial charge in [0, 0.05) is 19.8 Å². The summed E-state index contributed by atoms with van der Waals surface area (Å²) in [6.07, 6.45) is 0. The summed E-state index contributed by atoms with van der Waals surface area (Å²) in [5.41, 5.74) is 1.50. The molecule has 1 rings (SSSR count). The van der Waals surface area contributed by atoms with Gasteiger partial charge in [-0.05, 0) is 24.3 Å². The van der Waals surface area contributed by atoms with Gasteiger partial charge in [0.15, 0.2) is 0 Å². The first-order chi connectivity index (χ1) is 8.95. The zero-order chi connectivity index (χ0) is 14.4. The highest BCUT2D eigenvalue weighted by Crippen LogP contribution is 2.13. The van der Waals surface area contributed by atoms with E-state index >= 15 is 0 Å². The Kier molecular flexibility index (Phi) is 5.11. The highest BCUT2D eigenvalue weighted by Gasteiger charge is 2.12. The number of esters is 2. The molecule has 19 heavy (non-hydrogen) atoms. The summed E-state index contributed by atoms with van der Waals surface area (Å²) >= 11 is 0. The fourth-order valence-electron chi connectivity index (χ4n) is 1.33. The molecule has 0 saturated heterocycles. The molecule has 0 aromatic heterocycles. The number of hydrogen-bond acceptors (Lipinski definition) is 5. The standard InChI is InChI=1S/C14H17NO4/c1-10(13(16)18-4)9-19-14(17)11-5-7-12(8-6-11)15(2)3/h5-8H,1,9H2,2-4H3. The van der Waals surface area contributed by atoms with Gasteiger partial charge in [-0.3, -0.25) is 0 Å². The quantitative estimate of drug-likeness (QED) is 0.597.